The van der Waals surface area contributed by atoms with Gasteiger partial charge in [0.15, 0.2) is 0 Å². The number of hydrogen-bond donors (Lipinski definition) is 2. The second kappa shape index (κ2) is 7.68. The van der Waals surface area contributed by atoms with Crippen molar-refractivity contribution >= 4 is 5.91 Å². The molecule has 0 radical (unpaired) electrons. The normalized spacial score (nSPS) is 10.0. The van der Waals surface area contributed by atoms with Crippen molar-refractivity contribution < 1.29 is 9.53 Å². The molecule has 2 N–H and O–H groups in total. The molecule has 0 heterocycles. The highest BCUT2D eigenvalue weighted by molar-refractivity contribution is 5.77. The van der Waals surface area contributed by atoms with Crippen LogP contribution in [0.2, 0.25) is 0 Å². The summed E-state index contributed by atoms with van der Waals surface area (Å²) in [6.07, 6.45) is 0. The maximum Gasteiger partial charge on any atom is 0.234 e. The maximum absolute atomic E-state index is 11.3. The Labute approximate surface area is 102 Å². The number of rotatable bonds is 7. The molecule has 0 aliphatic rings. The van der Waals surface area contributed by atoms with E-state index in [4.69, 9.17) is 4.74 Å². The third kappa shape index (κ3) is 5.36. The number of carbonyl (C=O) groups excluding carboxylic acids is 1. The Morgan fingerprint density at radius 3 is 2.53 bits per heavy atom. The van der Waals surface area contributed by atoms with E-state index >= 15 is 0 Å². The zero-order valence-corrected chi connectivity index (χ0v) is 10.5. The topological polar surface area (TPSA) is 50.4 Å². The Kier molecular flexibility index (Phi) is 6.10. The lowest BCUT2D eigenvalue weighted by atomic mass is 10.2. The standard InChI is InChI=1S/C13H20N2O2/c1-3-14-10-13(16)15-9-11-5-7-12(8-6-11)17-4-2/h5-8,14H,3-4,9-10H2,1-2H3,(H,15,16). The van der Waals surface area contributed by atoms with Crippen molar-refractivity contribution in [2.24, 2.45) is 0 Å². The molecule has 1 aromatic carbocycles. The first kappa shape index (κ1) is 13.5. The van der Waals surface area contributed by atoms with Crippen LogP contribution in [-0.2, 0) is 11.3 Å². The second-order valence-electron chi connectivity index (χ2n) is 3.63. The molecule has 1 rings (SSSR count). The number of benzene rings is 1. The van der Waals surface area contributed by atoms with Crippen molar-refractivity contribution in [2.45, 2.75) is 20.4 Å². The van der Waals surface area contributed by atoms with Gasteiger partial charge in [-0.3, -0.25) is 4.79 Å². The lowest BCUT2D eigenvalue weighted by Crippen LogP contribution is -2.33. The molecule has 1 aromatic rings. The molecule has 0 unspecified atom stereocenters. The van der Waals surface area contributed by atoms with Gasteiger partial charge in [-0.1, -0.05) is 19.1 Å². The Morgan fingerprint density at radius 1 is 1.24 bits per heavy atom. The van der Waals surface area contributed by atoms with E-state index in [-0.39, 0.29) is 5.91 Å². The lowest BCUT2D eigenvalue weighted by molar-refractivity contribution is -0.120. The first-order valence-electron chi connectivity index (χ1n) is 5.95. The third-order valence-electron chi connectivity index (χ3n) is 2.26. The molecule has 0 saturated heterocycles. The quantitative estimate of drug-likeness (QED) is 0.750. The van der Waals surface area contributed by atoms with Gasteiger partial charge in [-0.2, -0.15) is 0 Å². The number of ether oxygens (including phenoxy) is 1. The molecular formula is C13H20N2O2. The molecule has 4 nitrogen and oxygen atoms in total. The summed E-state index contributed by atoms with van der Waals surface area (Å²) in [6, 6.07) is 7.74. The molecule has 0 fully saturated rings. The minimum absolute atomic E-state index is 0.0146. The monoisotopic (exact) mass is 236 g/mol. The summed E-state index contributed by atoms with van der Waals surface area (Å²) in [7, 11) is 0. The summed E-state index contributed by atoms with van der Waals surface area (Å²) < 4.78 is 5.34. The number of nitrogens with one attached hydrogen (secondary N) is 2. The molecule has 17 heavy (non-hydrogen) atoms. The van der Waals surface area contributed by atoms with Gasteiger partial charge in [0, 0.05) is 6.54 Å². The van der Waals surface area contributed by atoms with Gasteiger partial charge in [-0.05, 0) is 31.2 Å². The van der Waals surface area contributed by atoms with Crippen LogP contribution in [0.4, 0.5) is 0 Å². The van der Waals surface area contributed by atoms with Crippen LogP contribution in [-0.4, -0.2) is 25.6 Å². The molecule has 0 spiro atoms. The molecular weight excluding hydrogens is 216 g/mol. The van der Waals surface area contributed by atoms with E-state index in [0.717, 1.165) is 17.9 Å². The zero-order chi connectivity index (χ0) is 12.5. The predicted molar refractivity (Wildman–Crippen MR) is 68.0 cm³/mol. The summed E-state index contributed by atoms with van der Waals surface area (Å²) in [4.78, 5) is 11.3. The van der Waals surface area contributed by atoms with Crippen LogP contribution < -0.4 is 15.4 Å². The summed E-state index contributed by atoms with van der Waals surface area (Å²) in [5, 5.41) is 5.82. The van der Waals surface area contributed by atoms with Crippen LogP contribution >= 0.6 is 0 Å². The first-order valence-corrected chi connectivity index (χ1v) is 5.95. The maximum atomic E-state index is 11.3. The van der Waals surface area contributed by atoms with Crippen LogP contribution in [0.1, 0.15) is 19.4 Å². The van der Waals surface area contributed by atoms with Crippen LogP contribution in [0.15, 0.2) is 24.3 Å². The van der Waals surface area contributed by atoms with Crippen molar-refractivity contribution in [3.05, 3.63) is 29.8 Å². The zero-order valence-electron chi connectivity index (χ0n) is 10.5. The van der Waals surface area contributed by atoms with Gasteiger partial charge in [-0.25, -0.2) is 0 Å². The van der Waals surface area contributed by atoms with Crippen molar-refractivity contribution in [3.8, 4) is 5.75 Å². The molecule has 94 valence electrons. The van der Waals surface area contributed by atoms with E-state index in [2.05, 4.69) is 10.6 Å². The molecule has 0 saturated carbocycles. The Balaban J connectivity index is 2.34. The van der Waals surface area contributed by atoms with Gasteiger partial charge >= 0.3 is 0 Å². The largest absolute Gasteiger partial charge is 0.494 e. The molecule has 0 bridgehead atoms. The van der Waals surface area contributed by atoms with Crippen molar-refractivity contribution in [1.82, 2.24) is 10.6 Å². The number of amides is 1. The molecule has 0 atom stereocenters. The van der Waals surface area contributed by atoms with Gasteiger partial charge in [0.05, 0.1) is 13.2 Å². The van der Waals surface area contributed by atoms with E-state index in [1.54, 1.807) is 0 Å². The van der Waals surface area contributed by atoms with Crippen LogP contribution in [0.3, 0.4) is 0 Å². The SMILES string of the molecule is CCNCC(=O)NCc1ccc(OCC)cc1. The van der Waals surface area contributed by atoms with Crippen LogP contribution in [0.5, 0.6) is 5.75 Å². The van der Waals surface area contributed by atoms with Crippen molar-refractivity contribution in [3.63, 3.8) is 0 Å². The number of likely N-dealkylation sites (N-methyl/N-ethyl adjacent to an activating group) is 1. The average Bonchev–Trinajstić information content (AvgIpc) is 2.36. The highest BCUT2D eigenvalue weighted by Crippen LogP contribution is 2.11. The predicted octanol–water partition coefficient (Wildman–Crippen LogP) is 1.31. The van der Waals surface area contributed by atoms with Gasteiger partial charge < -0.3 is 15.4 Å². The fraction of sp³-hybridized carbons (Fsp3) is 0.462. The summed E-state index contributed by atoms with van der Waals surface area (Å²) >= 11 is 0. The average molecular weight is 236 g/mol. The smallest absolute Gasteiger partial charge is 0.234 e. The fourth-order valence-corrected chi connectivity index (χ4v) is 1.37. The Bertz CT molecular complexity index is 336. The van der Waals surface area contributed by atoms with Crippen molar-refractivity contribution in [1.29, 1.82) is 0 Å². The van der Waals surface area contributed by atoms with E-state index in [9.17, 15) is 4.79 Å². The minimum Gasteiger partial charge on any atom is -0.494 e. The number of carbonyl (C=O) groups is 1. The molecule has 1 amide bonds. The third-order valence-corrected chi connectivity index (χ3v) is 2.26. The molecule has 0 aliphatic carbocycles. The molecule has 0 aromatic heterocycles. The Hall–Kier alpha value is -1.55. The summed E-state index contributed by atoms with van der Waals surface area (Å²) in [5.41, 5.74) is 1.07. The number of hydrogen-bond acceptors (Lipinski definition) is 3. The van der Waals surface area contributed by atoms with Crippen molar-refractivity contribution in [2.75, 3.05) is 19.7 Å². The van der Waals surface area contributed by atoms with Crippen LogP contribution in [0, 0.1) is 0 Å². The summed E-state index contributed by atoms with van der Waals surface area (Å²) in [5.74, 6) is 0.871. The molecule has 4 heteroatoms. The van der Waals surface area contributed by atoms with E-state index < -0.39 is 0 Å². The van der Waals surface area contributed by atoms with Gasteiger partial charge in [0.1, 0.15) is 5.75 Å². The highest BCUT2D eigenvalue weighted by Gasteiger charge is 2.00. The van der Waals surface area contributed by atoms with E-state index in [1.165, 1.54) is 0 Å². The fourth-order valence-electron chi connectivity index (χ4n) is 1.37. The van der Waals surface area contributed by atoms with Gasteiger partial charge in [0.2, 0.25) is 5.91 Å². The molecule has 0 aliphatic heterocycles. The minimum atomic E-state index is 0.0146. The van der Waals surface area contributed by atoms with Crippen LogP contribution in [0.25, 0.3) is 0 Å². The van der Waals surface area contributed by atoms with E-state index in [1.807, 2.05) is 38.1 Å². The van der Waals surface area contributed by atoms with Gasteiger partial charge in [0.25, 0.3) is 0 Å². The van der Waals surface area contributed by atoms with E-state index in [0.29, 0.717) is 19.7 Å². The van der Waals surface area contributed by atoms with Gasteiger partial charge in [-0.15, -0.1) is 0 Å². The Morgan fingerprint density at radius 2 is 1.94 bits per heavy atom. The second-order valence-corrected chi connectivity index (χ2v) is 3.63. The summed E-state index contributed by atoms with van der Waals surface area (Å²) in [6.45, 7) is 6.31. The highest BCUT2D eigenvalue weighted by atomic mass is 16.5. The lowest BCUT2D eigenvalue weighted by Gasteiger charge is -2.07. The first-order chi connectivity index (χ1) is 8.26.